The molecular formula is C14H9F4NO2. The number of methoxy groups -OCH3 is 1. The molecule has 0 aliphatic carbocycles. The van der Waals surface area contributed by atoms with Crippen molar-refractivity contribution in [2.75, 3.05) is 12.4 Å². The second-order valence-electron chi connectivity index (χ2n) is 4.03. The first-order valence-electron chi connectivity index (χ1n) is 5.72. The summed E-state index contributed by atoms with van der Waals surface area (Å²) in [5, 5.41) is 2.23. The quantitative estimate of drug-likeness (QED) is 0.535. The highest BCUT2D eigenvalue weighted by Gasteiger charge is 2.23. The predicted molar refractivity (Wildman–Crippen MR) is 67.2 cm³/mol. The van der Waals surface area contributed by atoms with E-state index in [9.17, 15) is 22.4 Å². The molecule has 0 atom stereocenters. The Morgan fingerprint density at radius 3 is 2.19 bits per heavy atom. The molecule has 0 unspecified atom stereocenters. The van der Waals surface area contributed by atoms with E-state index in [1.165, 1.54) is 31.4 Å². The summed E-state index contributed by atoms with van der Waals surface area (Å²) in [6.07, 6.45) is 0. The molecular weight excluding hydrogens is 290 g/mol. The number of benzene rings is 2. The van der Waals surface area contributed by atoms with Crippen molar-refractivity contribution in [1.82, 2.24) is 0 Å². The first-order valence-corrected chi connectivity index (χ1v) is 5.72. The lowest BCUT2D eigenvalue weighted by Gasteiger charge is -2.08. The van der Waals surface area contributed by atoms with Gasteiger partial charge in [0.25, 0.3) is 5.91 Å². The van der Waals surface area contributed by atoms with E-state index in [1.54, 1.807) is 0 Å². The van der Waals surface area contributed by atoms with Crippen molar-refractivity contribution in [3.05, 3.63) is 59.2 Å². The van der Waals surface area contributed by atoms with Crippen LogP contribution in [0.15, 0.2) is 30.3 Å². The molecule has 0 aliphatic rings. The summed E-state index contributed by atoms with van der Waals surface area (Å²) in [6, 6.07) is 6.25. The zero-order valence-electron chi connectivity index (χ0n) is 10.7. The second kappa shape index (κ2) is 5.82. The maximum absolute atomic E-state index is 13.5. The van der Waals surface area contributed by atoms with Gasteiger partial charge >= 0.3 is 0 Å². The van der Waals surface area contributed by atoms with Gasteiger partial charge in [-0.05, 0) is 30.3 Å². The van der Waals surface area contributed by atoms with Gasteiger partial charge in [0.05, 0.1) is 12.7 Å². The third-order valence-corrected chi connectivity index (χ3v) is 2.70. The molecule has 0 aliphatic heterocycles. The molecule has 1 N–H and O–H groups in total. The number of hydrogen-bond donors (Lipinski definition) is 1. The van der Waals surface area contributed by atoms with Crippen LogP contribution in [0, 0.1) is 23.3 Å². The lowest BCUT2D eigenvalue weighted by atomic mass is 10.1. The lowest BCUT2D eigenvalue weighted by molar-refractivity contribution is 0.102. The van der Waals surface area contributed by atoms with Gasteiger partial charge in [0.2, 0.25) is 0 Å². The molecule has 3 nitrogen and oxygen atoms in total. The molecule has 0 aromatic heterocycles. The van der Waals surface area contributed by atoms with Crippen molar-refractivity contribution in [3.63, 3.8) is 0 Å². The van der Waals surface area contributed by atoms with E-state index < -0.39 is 34.7 Å². The zero-order chi connectivity index (χ0) is 15.6. The van der Waals surface area contributed by atoms with Gasteiger partial charge in [0.15, 0.2) is 23.3 Å². The number of amides is 1. The van der Waals surface area contributed by atoms with Crippen LogP contribution in [0.5, 0.6) is 5.75 Å². The molecule has 0 spiro atoms. The maximum atomic E-state index is 13.5. The molecule has 2 aromatic carbocycles. The van der Waals surface area contributed by atoms with E-state index >= 15 is 0 Å². The van der Waals surface area contributed by atoms with Crippen molar-refractivity contribution in [3.8, 4) is 5.75 Å². The molecule has 0 fully saturated rings. The minimum Gasteiger partial charge on any atom is -0.497 e. The molecule has 0 radical (unpaired) electrons. The highest BCUT2D eigenvalue weighted by molar-refractivity contribution is 6.04. The Balaban J connectivity index is 2.28. The summed E-state index contributed by atoms with van der Waals surface area (Å²) >= 11 is 0. The second-order valence-corrected chi connectivity index (χ2v) is 4.03. The standard InChI is InChI=1S/C14H9F4NO2/c1-21-8-4-2-7(3-5-8)19-14(20)9-6-10(15)12(17)13(18)11(9)16/h2-6H,1H3,(H,19,20). The Kier molecular flexibility index (Phi) is 4.11. The van der Waals surface area contributed by atoms with Gasteiger partial charge in [-0.25, -0.2) is 17.6 Å². The Morgan fingerprint density at radius 2 is 1.62 bits per heavy atom. The molecule has 7 heteroatoms. The SMILES string of the molecule is COc1ccc(NC(=O)c2cc(F)c(F)c(F)c2F)cc1. The third-order valence-electron chi connectivity index (χ3n) is 2.70. The van der Waals surface area contributed by atoms with Crippen LogP contribution >= 0.6 is 0 Å². The molecule has 1 amide bonds. The van der Waals surface area contributed by atoms with Gasteiger partial charge in [-0.1, -0.05) is 0 Å². The summed E-state index contributed by atoms with van der Waals surface area (Å²) < 4.78 is 57.3. The largest absolute Gasteiger partial charge is 0.497 e. The highest BCUT2D eigenvalue weighted by atomic mass is 19.2. The molecule has 21 heavy (non-hydrogen) atoms. The number of ether oxygens (including phenoxy) is 1. The number of hydrogen-bond acceptors (Lipinski definition) is 2. The first kappa shape index (κ1) is 14.8. The number of nitrogens with one attached hydrogen (secondary N) is 1. The van der Waals surface area contributed by atoms with Crippen LogP contribution in [-0.2, 0) is 0 Å². The zero-order valence-corrected chi connectivity index (χ0v) is 10.7. The average Bonchev–Trinajstić information content (AvgIpc) is 2.49. The molecule has 2 aromatic rings. The van der Waals surface area contributed by atoms with Crippen LogP contribution in [0.1, 0.15) is 10.4 Å². The van der Waals surface area contributed by atoms with E-state index in [1.807, 2.05) is 0 Å². The van der Waals surface area contributed by atoms with Crippen molar-refractivity contribution in [2.45, 2.75) is 0 Å². The molecule has 0 bridgehead atoms. The fourth-order valence-corrected chi connectivity index (χ4v) is 1.61. The van der Waals surface area contributed by atoms with Crippen LogP contribution in [-0.4, -0.2) is 13.0 Å². The summed E-state index contributed by atoms with van der Waals surface area (Å²) in [4.78, 5) is 11.8. The van der Waals surface area contributed by atoms with E-state index in [2.05, 4.69) is 5.32 Å². The van der Waals surface area contributed by atoms with Gasteiger partial charge in [-0.3, -0.25) is 4.79 Å². The summed E-state index contributed by atoms with van der Waals surface area (Å²) in [5.41, 5.74) is -0.674. The van der Waals surface area contributed by atoms with Gasteiger partial charge in [-0.15, -0.1) is 0 Å². The molecule has 110 valence electrons. The molecule has 0 saturated heterocycles. The van der Waals surface area contributed by atoms with Crippen LogP contribution < -0.4 is 10.1 Å². The smallest absolute Gasteiger partial charge is 0.258 e. The third kappa shape index (κ3) is 2.96. The average molecular weight is 299 g/mol. The fraction of sp³-hybridized carbons (Fsp3) is 0.0714. The number of halogens is 4. The van der Waals surface area contributed by atoms with Crippen molar-refractivity contribution in [2.24, 2.45) is 0 Å². The lowest BCUT2D eigenvalue weighted by Crippen LogP contribution is -2.16. The van der Waals surface area contributed by atoms with E-state index in [0.717, 1.165) is 0 Å². The van der Waals surface area contributed by atoms with Crippen molar-refractivity contribution >= 4 is 11.6 Å². The number of anilines is 1. The first-order chi connectivity index (χ1) is 9.93. The highest BCUT2D eigenvalue weighted by Crippen LogP contribution is 2.21. The van der Waals surface area contributed by atoms with Gasteiger partial charge in [0, 0.05) is 5.69 Å². The van der Waals surface area contributed by atoms with Crippen LogP contribution in [0.3, 0.4) is 0 Å². The van der Waals surface area contributed by atoms with E-state index in [-0.39, 0.29) is 5.69 Å². The Labute approximate surface area is 117 Å². The van der Waals surface area contributed by atoms with Crippen molar-refractivity contribution in [1.29, 1.82) is 0 Å². The van der Waals surface area contributed by atoms with Gasteiger partial charge < -0.3 is 10.1 Å². The van der Waals surface area contributed by atoms with Crippen LogP contribution in [0.2, 0.25) is 0 Å². The molecule has 0 heterocycles. The monoisotopic (exact) mass is 299 g/mol. The van der Waals surface area contributed by atoms with Crippen LogP contribution in [0.4, 0.5) is 23.2 Å². The summed E-state index contributed by atoms with van der Waals surface area (Å²) in [6.45, 7) is 0. The van der Waals surface area contributed by atoms with Crippen molar-refractivity contribution < 1.29 is 27.1 Å². The Morgan fingerprint density at radius 1 is 1.00 bits per heavy atom. The van der Waals surface area contributed by atoms with Crippen LogP contribution in [0.25, 0.3) is 0 Å². The number of rotatable bonds is 3. The number of carbonyl (C=O) groups is 1. The topological polar surface area (TPSA) is 38.3 Å². The Bertz CT molecular complexity index is 686. The van der Waals surface area contributed by atoms with Gasteiger partial charge in [0.1, 0.15) is 5.75 Å². The predicted octanol–water partition coefficient (Wildman–Crippen LogP) is 3.50. The Hall–Kier alpha value is -2.57. The van der Waals surface area contributed by atoms with E-state index in [4.69, 9.17) is 4.74 Å². The minimum absolute atomic E-state index is 0.255. The molecule has 0 saturated carbocycles. The maximum Gasteiger partial charge on any atom is 0.258 e. The molecule has 2 rings (SSSR count). The summed E-state index contributed by atoms with van der Waals surface area (Å²) in [7, 11) is 1.45. The summed E-state index contributed by atoms with van der Waals surface area (Å²) in [5.74, 6) is -7.97. The normalized spacial score (nSPS) is 10.3. The van der Waals surface area contributed by atoms with E-state index in [0.29, 0.717) is 11.8 Å². The number of carbonyl (C=O) groups excluding carboxylic acids is 1. The minimum atomic E-state index is -2.03. The fourth-order valence-electron chi connectivity index (χ4n) is 1.61. The van der Waals surface area contributed by atoms with Gasteiger partial charge in [-0.2, -0.15) is 0 Å².